The van der Waals surface area contributed by atoms with Gasteiger partial charge in [0.05, 0.1) is 16.2 Å². The largest absolute Gasteiger partial charge is 0.507 e. The third-order valence-corrected chi connectivity index (χ3v) is 4.38. The molecule has 0 saturated heterocycles. The van der Waals surface area contributed by atoms with Crippen molar-refractivity contribution in [1.82, 2.24) is 9.97 Å². The number of H-pyrrole nitrogens is 1. The lowest BCUT2D eigenvalue weighted by molar-refractivity contribution is -0.142. The van der Waals surface area contributed by atoms with Gasteiger partial charge in [0.25, 0.3) is 10.1 Å². The van der Waals surface area contributed by atoms with Crippen LogP contribution in [0.5, 0.6) is 5.75 Å². The van der Waals surface area contributed by atoms with Crippen LogP contribution in [-0.2, 0) is 20.3 Å². The van der Waals surface area contributed by atoms with Gasteiger partial charge in [0, 0.05) is 5.69 Å². The van der Waals surface area contributed by atoms with Gasteiger partial charge in [-0.2, -0.15) is 8.42 Å². The molecule has 124 valence electrons. The summed E-state index contributed by atoms with van der Waals surface area (Å²) in [6.07, 6.45) is 0. The molecular weight excluding hydrogens is 324 g/mol. The fourth-order valence-corrected chi connectivity index (χ4v) is 2.67. The number of phenols is 1. The molecule has 2 aromatic rings. The first-order valence-electron chi connectivity index (χ1n) is 6.56. The number of phenolic OH excluding ortho intramolecular Hbond substituents is 1. The van der Waals surface area contributed by atoms with Crippen molar-refractivity contribution in [2.24, 2.45) is 0 Å². The highest BCUT2D eigenvalue weighted by atomic mass is 32.2. The molecule has 1 aromatic carbocycles. The lowest BCUT2D eigenvalue weighted by Crippen LogP contribution is -2.29. The number of aryl methyl sites for hydroxylation is 1. The fraction of sp³-hybridized carbons (Fsp3) is 0.286. The van der Waals surface area contributed by atoms with Crippen LogP contribution >= 0.6 is 0 Å². The summed E-state index contributed by atoms with van der Waals surface area (Å²) in [5.74, 6) is -1.23. The van der Waals surface area contributed by atoms with Crippen molar-refractivity contribution in [1.29, 1.82) is 0 Å². The Hall–Kier alpha value is -2.39. The second-order valence-electron chi connectivity index (χ2n) is 5.64. The summed E-state index contributed by atoms with van der Waals surface area (Å²) < 4.78 is 31.5. The number of rotatable bonds is 4. The third-order valence-electron chi connectivity index (χ3n) is 3.53. The number of aromatic hydroxyl groups is 1. The van der Waals surface area contributed by atoms with E-state index in [0.717, 1.165) is 18.2 Å². The predicted octanol–water partition coefficient (Wildman–Crippen LogP) is 1.70. The highest BCUT2D eigenvalue weighted by Gasteiger charge is 2.34. The third kappa shape index (κ3) is 3.06. The van der Waals surface area contributed by atoms with Crippen LogP contribution in [0.1, 0.15) is 25.2 Å². The Morgan fingerprint density at radius 2 is 1.91 bits per heavy atom. The van der Waals surface area contributed by atoms with Crippen molar-refractivity contribution in [2.75, 3.05) is 0 Å². The van der Waals surface area contributed by atoms with E-state index in [1.165, 1.54) is 13.8 Å². The van der Waals surface area contributed by atoms with E-state index in [1.807, 2.05) is 0 Å². The maximum absolute atomic E-state index is 11.4. The molecule has 0 bridgehead atoms. The average molecular weight is 340 g/mol. The maximum atomic E-state index is 11.4. The number of imidazole rings is 1. The topological polar surface area (TPSA) is 141 Å². The van der Waals surface area contributed by atoms with Crippen molar-refractivity contribution in [2.45, 2.75) is 31.1 Å². The van der Waals surface area contributed by atoms with E-state index >= 15 is 0 Å². The van der Waals surface area contributed by atoms with Crippen LogP contribution in [0.15, 0.2) is 23.1 Å². The fourth-order valence-electron chi connectivity index (χ4n) is 2.16. The molecular formula is C14H16N2O6S. The van der Waals surface area contributed by atoms with Gasteiger partial charge in [-0.3, -0.25) is 9.35 Å². The zero-order chi connectivity index (χ0) is 17.6. The molecule has 2 rings (SSSR count). The van der Waals surface area contributed by atoms with Crippen molar-refractivity contribution in [3.63, 3.8) is 0 Å². The number of aromatic amines is 1. The molecule has 0 fully saturated rings. The number of nitrogens with zero attached hydrogens (tertiary/aromatic N) is 1. The number of hydrogen-bond acceptors (Lipinski definition) is 5. The van der Waals surface area contributed by atoms with Gasteiger partial charge in [-0.15, -0.1) is 0 Å². The zero-order valence-electron chi connectivity index (χ0n) is 12.7. The normalized spacial score (nSPS) is 12.3. The molecule has 23 heavy (non-hydrogen) atoms. The Labute approximate surface area is 132 Å². The molecule has 0 atom stereocenters. The van der Waals surface area contributed by atoms with Gasteiger partial charge in [0.1, 0.15) is 17.0 Å². The zero-order valence-corrected chi connectivity index (χ0v) is 13.5. The summed E-state index contributed by atoms with van der Waals surface area (Å²) in [5, 5.41) is 19.2. The quantitative estimate of drug-likeness (QED) is 0.621. The molecule has 0 radical (unpaired) electrons. The summed E-state index contributed by atoms with van der Waals surface area (Å²) in [4.78, 5) is 18.0. The first-order valence-corrected chi connectivity index (χ1v) is 8.00. The van der Waals surface area contributed by atoms with Gasteiger partial charge in [-0.05, 0) is 39.0 Å². The number of carboxylic acids is 1. The Kier molecular flexibility index (Phi) is 3.95. The van der Waals surface area contributed by atoms with Gasteiger partial charge >= 0.3 is 5.97 Å². The molecule has 9 heteroatoms. The van der Waals surface area contributed by atoms with E-state index < -0.39 is 26.4 Å². The van der Waals surface area contributed by atoms with E-state index in [1.54, 1.807) is 6.92 Å². The predicted molar refractivity (Wildman–Crippen MR) is 80.9 cm³/mol. The lowest BCUT2D eigenvalue weighted by Gasteiger charge is -2.17. The number of aromatic nitrogens is 2. The Morgan fingerprint density at radius 3 is 2.43 bits per heavy atom. The lowest BCUT2D eigenvalue weighted by atomic mass is 9.88. The Balaban J connectivity index is 2.63. The van der Waals surface area contributed by atoms with Crippen LogP contribution in [0.2, 0.25) is 0 Å². The highest BCUT2D eigenvalue weighted by molar-refractivity contribution is 7.85. The molecule has 0 saturated carbocycles. The summed E-state index contributed by atoms with van der Waals surface area (Å²) >= 11 is 0. The van der Waals surface area contributed by atoms with Crippen LogP contribution in [0.4, 0.5) is 0 Å². The van der Waals surface area contributed by atoms with Crippen LogP contribution in [-0.4, -0.2) is 39.1 Å². The molecule has 0 spiro atoms. The van der Waals surface area contributed by atoms with Crippen LogP contribution < -0.4 is 0 Å². The summed E-state index contributed by atoms with van der Waals surface area (Å²) in [5.41, 5.74) is -0.494. The smallest absolute Gasteiger partial charge is 0.315 e. The number of nitrogens with one attached hydrogen (secondary N) is 1. The average Bonchev–Trinajstić information content (AvgIpc) is 2.80. The first kappa shape index (κ1) is 17.0. The van der Waals surface area contributed by atoms with E-state index in [-0.39, 0.29) is 22.8 Å². The monoisotopic (exact) mass is 340 g/mol. The van der Waals surface area contributed by atoms with Crippen molar-refractivity contribution in [3.05, 3.63) is 29.6 Å². The summed E-state index contributed by atoms with van der Waals surface area (Å²) in [6.45, 7) is 4.59. The summed E-state index contributed by atoms with van der Waals surface area (Å²) in [6, 6.07) is 3.21. The van der Waals surface area contributed by atoms with E-state index in [4.69, 9.17) is 4.55 Å². The van der Waals surface area contributed by atoms with E-state index in [9.17, 15) is 23.4 Å². The van der Waals surface area contributed by atoms with Crippen LogP contribution in [0.3, 0.4) is 0 Å². The highest BCUT2D eigenvalue weighted by Crippen LogP contribution is 2.33. The number of carbonyl (C=O) groups is 1. The molecule has 4 N–H and O–H groups in total. The van der Waals surface area contributed by atoms with Gasteiger partial charge in [0.2, 0.25) is 0 Å². The Morgan fingerprint density at radius 1 is 1.30 bits per heavy atom. The van der Waals surface area contributed by atoms with Crippen molar-refractivity contribution in [3.8, 4) is 17.1 Å². The molecule has 0 aliphatic rings. The second-order valence-corrected chi connectivity index (χ2v) is 7.06. The minimum absolute atomic E-state index is 0.0377. The minimum Gasteiger partial charge on any atom is -0.507 e. The van der Waals surface area contributed by atoms with Gasteiger partial charge in [0.15, 0.2) is 0 Å². The number of aliphatic carboxylic acids is 1. The SMILES string of the molecule is Cc1[nH]c(-c2cc(S(=O)(=O)O)ccc2O)nc1C(C)(C)C(=O)O. The first-order chi connectivity index (χ1) is 10.4. The molecule has 0 amide bonds. The Bertz CT molecular complexity index is 883. The molecule has 0 aliphatic heterocycles. The van der Waals surface area contributed by atoms with Crippen molar-refractivity contribution >= 4 is 16.1 Å². The number of carboxylic acid groups (broad SMARTS) is 1. The van der Waals surface area contributed by atoms with E-state index in [2.05, 4.69) is 9.97 Å². The molecule has 8 nitrogen and oxygen atoms in total. The van der Waals surface area contributed by atoms with Crippen LogP contribution in [0, 0.1) is 6.92 Å². The summed E-state index contributed by atoms with van der Waals surface area (Å²) in [7, 11) is -4.44. The minimum atomic E-state index is -4.44. The van der Waals surface area contributed by atoms with Gasteiger partial charge in [-0.25, -0.2) is 4.98 Å². The number of benzene rings is 1. The van der Waals surface area contributed by atoms with Crippen LogP contribution in [0.25, 0.3) is 11.4 Å². The number of hydrogen-bond donors (Lipinski definition) is 4. The maximum Gasteiger partial charge on any atom is 0.315 e. The molecule has 0 unspecified atom stereocenters. The van der Waals surface area contributed by atoms with Crippen molar-refractivity contribution < 1.29 is 28.0 Å². The molecule has 1 heterocycles. The standard InChI is InChI=1S/C14H16N2O6S/c1-7-11(14(2,3)13(18)19)16-12(15-7)9-6-8(23(20,21)22)4-5-10(9)17/h4-6,17H,1-3H3,(H,15,16)(H,18,19)(H,20,21,22). The van der Waals surface area contributed by atoms with Gasteiger partial charge in [-0.1, -0.05) is 0 Å². The van der Waals surface area contributed by atoms with E-state index in [0.29, 0.717) is 5.69 Å². The molecule has 1 aromatic heterocycles. The molecule has 0 aliphatic carbocycles. The second kappa shape index (κ2) is 5.36. The van der Waals surface area contributed by atoms with Gasteiger partial charge < -0.3 is 15.2 Å².